The minimum absolute atomic E-state index is 0.324. The largest absolute Gasteiger partial charge is 0.413 e. The second-order valence-corrected chi connectivity index (χ2v) is 11.4. The Hall–Kier alpha value is -0.0831. The molecule has 88 valence electrons. The van der Waals surface area contributed by atoms with Crippen molar-refractivity contribution in [2.75, 3.05) is 6.61 Å². The van der Waals surface area contributed by atoms with Crippen molar-refractivity contribution >= 4 is 8.32 Å². The molecule has 0 aromatic heterocycles. The molecule has 1 nitrogen and oxygen atoms in total. The van der Waals surface area contributed by atoms with Crippen molar-refractivity contribution < 1.29 is 4.43 Å². The van der Waals surface area contributed by atoms with Crippen molar-refractivity contribution in [3.63, 3.8) is 0 Å². The minimum atomic E-state index is -1.53. The van der Waals surface area contributed by atoms with Gasteiger partial charge in [-0.1, -0.05) is 39.8 Å². The number of hydrogen-bond acceptors (Lipinski definition) is 1. The van der Waals surface area contributed by atoms with E-state index in [4.69, 9.17) is 4.43 Å². The fraction of sp³-hybridized carbons (Fsp3) is 0.846. The van der Waals surface area contributed by atoms with Crippen molar-refractivity contribution in [3.8, 4) is 0 Å². The molecule has 1 fully saturated rings. The first-order chi connectivity index (χ1) is 6.66. The van der Waals surface area contributed by atoms with Crippen LogP contribution in [0.2, 0.25) is 18.1 Å². The minimum Gasteiger partial charge on any atom is -0.413 e. The summed E-state index contributed by atoms with van der Waals surface area (Å²) in [5, 5.41) is 0.324. The van der Waals surface area contributed by atoms with E-state index < -0.39 is 8.32 Å². The van der Waals surface area contributed by atoms with Gasteiger partial charge >= 0.3 is 0 Å². The summed E-state index contributed by atoms with van der Waals surface area (Å²) in [6.07, 6.45) is 7.25. The molecule has 0 atom stereocenters. The summed E-state index contributed by atoms with van der Waals surface area (Å²) in [5.41, 5.74) is 0.511. The fourth-order valence-electron chi connectivity index (χ4n) is 1.17. The van der Waals surface area contributed by atoms with Gasteiger partial charge in [-0.05, 0) is 36.4 Å². The smallest absolute Gasteiger partial charge is 0.192 e. The van der Waals surface area contributed by atoms with Gasteiger partial charge in [-0.25, -0.2) is 0 Å². The predicted molar refractivity (Wildman–Crippen MR) is 69.6 cm³/mol. The highest BCUT2D eigenvalue weighted by atomic mass is 28.4. The highest BCUT2D eigenvalue weighted by molar-refractivity contribution is 6.74. The normalized spacial score (nSPS) is 20.9. The molecule has 0 saturated heterocycles. The Bertz CT molecular complexity index is 244. The average molecular weight is 226 g/mol. The lowest BCUT2D eigenvalue weighted by molar-refractivity contribution is 0.327. The van der Waals surface area contributed by atoms with E-state index in [9.17, 15) is 0 Å². The summed E-state index contributed by atoms with van der Waals surface area (Å²) in [6, 6.07) is 0. The highest BCUT2D eigenvalue weighted by Gasteiger charge is 2.37. The Morgan fingerprint density at radius 2 is 1.80 bits per heavy atom. The molecular formula is C13H26OSi. The molecule has 0 aromatic carbocycles. The number of hydrogen-bond donors (Lipinski definition) is 0. The molecule has 0 radical (unpaired) electrons. The van der Waals surface area contributed by atoms with E-state index in [0.29, 0.717) is 10.5 Å². The molecule has 15 heavy (non-hydrogen) atoms. The molecule has 1 aliphatic rings. The average Bonchev–Trinajstić information content (AvgIpc) is 2.76. The van der Waals surface area contributed by atoms with Crippen LogP contribution in [0.5, 0.6) is 0 Å². The molecule has 0 aliphatic heterocycles. The lowest BCUT2D eigenvalue weighted by Crippen LogP contribution is -2.40. The van der Waals surface area contributed by atoms with Crippen LogP contribution in [0.1, 0.15) is 40.5 Å². The van der Waals surface area contributed by atoms with Crippen molar-refractivity contribution in [2.24, 2.45) is 5.41 Å². The Morgan fingerprint density at radius 1 is 1.27 bits per heavy atom. The topological polar surface area (TPSA) is 9.23 Å². The fourth-order valence-corrected chi connectivity index (χ4v) is 2.12. The third-order valence-electron chi connectivity index (χ3n) is 3.91. The van der Waals surface area contributed by atoms with Crippen LogP contribution in [0.4, 0.5) is 0 Å². The van der Waals surface area contributed by atoms with E-state index in [-0.39, 0.29) is 0 Å². The Labute approximate surface area is 96.0 Å². The SMILES string of the molecule is CC1(/C=C/CO[Si](C)(C)C(C)(C)C)CC1. The summed E-state index contributed by atoms with van der Waals surface area (Å²) in [5.74, 6) is 0. The molecule has 0 unspecified atom stereocenters. The van der Waals surface area contributed by atoms with Gasteiger partial charge in [-0.3, -0.25) is 0 Å². The summed E-state index contributed by atoms with van der Waals surface area (Å²) >= 11 is 0. The first-order valence-corrected chi connectivity index (χ1v) is 8.89. The van der Waals surface area contributed by atoms with Crippen LogP contribution in [0.3, 0.4) is 0 Å². The maximum Gasteiger partial charge on any atom is 0.192 e. The molecule has 0 heterocycles. The summed E-state index contributed by atoms with van der Waals surface area (Å²) in [7, 11) is -1.53. The van der Waals surface area contributed by atoms with Gasteiger partial charge in [0.15, 0.2) is 8.32 Å². The quantitative estimate of drug-likeness (QED) is 0.511. The third kappa shape index (κ3) is 3.76. The molecule has 0 bridgehead atoms. The molecule has 2 heteroatoms. The second kappa shape index (κ2) is 4.06. The van der Waals surface area contributed by atoms with Crippen LogP contribution in [0, 0.1) is 5.41 Å². The van der Waals surface area contributed by atoms with Gasteiger partial charge in [0.1, 0.15) is 0 Å². The highest BCUT2D eigenvalue weighted by Crippen LogP contribution is 2.46. The molecule has 1 aliphatic carbocycles. The van der Waals surface area contributed by atoms with Gasteiger partial charge in [0, 0.05) is 0 Å². The molecular weight excluding hydrogens is 200 g/mol. The van der Waals surface area contributed by atoms with Crippen LogP contribution >= 0.6 is 0 Å². The predicted octanol–water partition coefficient (Wildman–Crippen LogP) is 4.36. The maximum atomic E-state index is 6.07. The van der Waals surface area contributed by atoms with Crippen LogP contribution in [-0.2, 0) is 4.43 Å². The Balaban J connectivity index is 2.33. The van der Waals surface area contributed by atoms with E-state index in [2.05, 4.69) is 52.9 Å². The van der Waals surface area contributed by atoms with Crippen LogP contribution in [0.25, 0.3) is 0 Å². The zero-order chi connectivity index (χ0) is 11.7. The Kier molecular flexibility index (Phi) is 3.51. The van der Waals surface area contributed by atoms with E-state index in [1.54, 1.807) is 0 Å². The Morgan fingerprint density at radius 3 is 2.20 bits per heavy atom. The molecule has 0 amide bonds. The van der Waals surface area contributed by atoms with Crippen molar-refractivity contribution in [1.82, 2.24) is 0 Å². The summed E-state index contributed by atoms with van der Waals surface area (Å²) in [4.78, 5) is 0. The van der Waals surface area contributed by atoms with Crippen LogP contribution < -0.4 is 0 Å². The van der Waals surface area contributed by atoms with Gasteiger partial charge in [-0.15, -0.1) is 0 Å². The first kappa shape index (κ1) is 13.0. The molecule has 0 spiro atoms. The van der Waals surface area contributed by atoms with E-state index in [1.807, 2.05) is 0 Å². The maximum absolute atomic E-state index is 6.07. The monoisotopic (exact) mass is 226 g/mol. The van der Waals surface area contributed by atoms with Gasteiger partial charge in [-0.2, -0.15) is 0 Å². The van der Waals surface area contributed by atoms with Crippen molar-refractivity contribution in [3.05, 3.63) is 12.2 Å². The van der Waals surface area contributed by atoms with Gasteiger partial charge < -0.3 is 4.43 Å². The molecule has 0 aromatic rings. The van der Waals surface area contributed by atoms with E-state index >= 15 is 0 Å². The number of rotatable bonds is 4. The van der Waals surface area contributed by atoms with Gasteiger partial charge in [0.2, 0.25) is 0 Å². The molecule has 0 N–H and O–H groups in total. The molecule has 1 rings (SSSR count). The zero-order valence-electron chi connectivity index (χ0n) is 11.2. The lowest BCUT2D eigenvalue weighted by Gasteiger charge is -2.35. The second-order valence-electron chi connectivity index (χ2n) is 6.63. The standard InChI is InChI=1S/C13H26OSi/c1-12(2,3)15(5,6)14-11-7-8-13(4)9-10-13/h7-8H,9-11H2,1-6H3/b8-7+. The lowest BCUT2D eigenvalue weighted by atomic mass is 10.1. The van der Waals surface area contributed by atoms with E-state index in [1.165, 1.54) is 12.8 Å². The summed E-state index contributed by atoms with van der Waals surface area (Å²) in [6.45, 7) is 14.6. The number of allylic oxidation sites excluding steroid dienone is 1. The summed E-state index contributed by atoms with van der Waals surface area (Å²) < 4.78 is 6.07. The van der Waals surface area contributed by atoms with Gasteiger partial charge in [0.05, 0.1) is 6.61 Å². The van der Waals surface area contributed by atoms with Crippen LogP contribution in [-0.4, -0.2) is 14.9 Å². The third-order valence-corrected chi connectivity index (χ3v) is 8.41. The molecule has 1 saturated carbocycles. The van der Waals surface area contributed by atoms with E-state index in [0.717, 1.165) is 6.61 Å². The van der Waals surface area contributed by atoms with Crippen molar-refractivity contribution in [2.45, 2.75) is 58.7 Å². The zero-order valence-corrected chi connectivity index (χ0v) is 12.2. The van der Waals surface area contributed by atoms with Crippen LogP contribution in [0.15, 0.2) is 12.2 Å². The van der Waals surface area contributed by atoms with Gasteiger partial charge in [0.25, 0.3) is 0 Å². The first-order valence-electron chi connectivity index (χ1n) is 5.98. The van der Waals surface area contributed by atoms with Crippen molar-refractivity contribution in [1.29, 1.82) is 0 Å².